The van der Waals surface area contributed by atoms with Crippen LogP contribution in [0, 0.1) is 0 Å². The molecule has 0 heterocycles. The fourth-order valence-electron chi connectivity index (χ4n) is 0.597. The Hall–Kier alpha value is -0.163. The van der Waals surface area contributed by atoms with Gasteiger partial charge in [0, 0.05) is 14.2 Å². The van der Waals surface area contributed by atoms with E-state index in [0.29, 0.717) is 6.23 Å². The van der Waals surface area contributed by atoms with Crippen LogP contribution in [-0.4, -0.2) is 35.8 Å². The Kier molecular flexibility index (Phi) is 6.28. The molecule has 0 aliphatic rings. The monoisotopic (exact) mass is 190 g/mol. The van der Waals surface area contributed by atoms with Gasteiger partial charge < -0.3 is 13.6 Å². The molecule has 0 aromatic rings. The summed E-state index contributed by atoms with van der Waals surface area (Å²) in [5.41, 5.74) is 1.02. The highest BCUT2D eigenvalue weighted by Gasteiger charge is 2.12. The van der Waals surface area contributed by atoms with Crippen molar-refractivity contribution >= 4 is 9.28 Å². The summed E-state index contributed by atoms with van der Waals surface area (Å²) in [4.78, 5) is 0. The molecule has 0 aromatic heterocycles. The van der Waals surface area contributed by atoms with Crippen molar-refractivity contribution in [3.63, 3.8) is 0 Å². The minimum Gasteiger partial charge on any atom is -0.399 e. The van der Waals surface area contributed by atoms with Gasteiger partial charge in [0.25, 0.3) is 0 Å². The molecule has 0 aliphatic heterocycles. The first-order valence-electron chi connectivity index (χ1n) is 3.94. The minimum atomic E-state index is -1.55. The number of hydrogen-bond acceptors (Lipinski definition) is 3. The summed E-state index contributed by atoms with van der Waals surface area (Å²) < 4.78 is 15.6. The van der Waals surface area contributed by atoms with Crippen molar-refractivity contribution in [2.24, 2.45) is 0 Å². The Morgan fingerprint density at radius 2 is 1.92 bits per heavy atom. The molecule has 0 bridgehead atoms. The normalized spacial score (nSPS) is 13.4. The lowest BCUT2D eigenvalue weighted by Crippen LogP contribution is -2.28. The second-order valence-corrected chi connectivity index (χ2v) is 4.86. The van der Waals surface area contributed by atoms with Crippen LogP contribution in [0.25, 0.3) is 0 Å². The number of rotatable bonds is 6. The van der Waals surface area contributed by atoms with Crippen molar-refractivity contribution in [2.75, 3.05) is 20.4 Å². The van der Waals surface area contributed by atoms with E-state index in [0.717, 1.165) is 5.57 Å². The standard InChI is InChI=1S/C8H18O3Si/c1-7(2)8(3)11-6-12(9-4)10-5/h8,12H,1,6H2,2-5H3. The lowest BCUT2D eigenvalue weighted by atomic mass is 10.2. The molecule has 0 spiro atoms. The Morgan fingerprint density at radius 1 is 1.42 bits per heavy atom. The van der Waals surface area contributed by atoms with Crippen LogP contribution in [0.5, 0.6) is 0 Å². The van der Waals surface area contributed by atoms with Crippen molar-refractivity contribution in [2.45, 2.75) is 20.0 Å². The van der Waals surface area contributed by atoms with Gasteiger partial charge in [-0.2, -0.15) is 0 Å². The van der Waals surface area contributed by atoms with Gasteiger partial charge in [-0.3, -0.25) is 0 Å². The van der Waals surface area contributed by atoms with Crippen LogP contribution >= 0.6 is 0 Å². The first-order chi connectivity index (χ1) is 5.61. The predicted molar refractivity (Wildman–Crippen MR) is 51.4 cm³/mol. The van der Waals surface area contributed by atoms with Gasteiger partial charge in [0.15, 0.2) is 0 Å². The highest BCUT2D eigenvalue weighted by molar-refractivity contribution is 6.44. The quantitative estimate of drug-likeness (QED) is 0.462. The SMILES string of the molecule is C=C(C)C(C)OC[SiH](OC)OC. The molecular weight excluding hydrogens is 172 g/mol. The summed E-state index contributed by atoms with van der Waals surface area (Å²) in [6, 6.07) is 0. The summed E-state index contributed by atoms with van der Waals surface area (Å²) in [7, 11) is 1.74. The maximum Gasteiger partial charge on any atom is 0.347 e. The fraction of sp³-hybridized carbons (Fsp3) is 0.750. The van der Waals surface area contributed by atoms with E-state index >= 15 is 0 Å². The molecule has 12 heavy (non-hydrogen) atoms. The van der Waals surface area contributed by atoms with E-state index in [1.54, 1.807) is 14.2 Å². The molecule has 0 aliphatic carbocycles. The minimum absolute atomic E-state index is 0.0882. The maximum atomic E-state index is 5.46. The molecule has 0 saturated heterocycles. The topological polar surface area (TPSA) is 27.7 Å². The van der Waals surface area contributed by atoms with E-state index in [1.807, 2.05) is 13.8 Å². The van der Waals surface area contributed by atoms with E-state index in [2.05, 4.69) is 6.58 Å². The van der Waals surface area contributed by atoms with Crippen LogP contribution in [0.3, 0.4) is 0 Å². The largest absolute Gasteiger partial charge is 0.399 e. The Morgan fingerprint density at radius 3 is 2.25 bits per heavy atom. The van der Waals surface area contributed by atoms with E-state index < -0.39 is 9.28 Å². The van der Waals surface area contributed by atoms with Gasteiger partial charge in [-0.15, -0.1) is 0 Å². The Bertz CT molecular complexity index is 134. The predicted octanol–water partition coefficient (Wildman–Crippen LogP) is 1.02. The summed E-state index contributed by atoms with van der Waals surface area (Å²) in [6.07, 6.45) is 0.659. The first-order valence-corrected chi connectivity index (χ1v) is 5.70. The van der Waals surface area contributed by atoms with E-state index in [9.17, 15) is 0 Å². The number of hydrogen-bond donors (Lipinski definition) is 0. The zero-order chi connectivity index (χ0) is 9.56. The van der Waals surface area contributed by atoms with Gasteiger partial charge in [-0.25, -0.2) is 0 Å². The average Bonchev–Trinajstić information content (AvgIpc) is 2.05. The lowest BCUT2D eigenvalue weighted by Gasteiger charge is -2.16. The third-order valence-corrected chi connectivity index (χ3v) is 3.22. The molecule has 72 valence electrons. The smallest absolute Gasteiger partial charge is 0.347 e. The average molecular weight is 190 g/mol. The molecule has 1 atom stereocenters. The maximum absolute atomic E-state index is 5.46. The van der Waals surface area contributed by atoms with Gasteiger partial charge in [0.05, 0.1) is 12.3 Å². The first kappa shape index (κ1) is 11.8. The van der Waals surface area contributed by atoms with Gasteiger partial charge in [0.2, 0.25) is 0 Å². The molecule has 0 fully saturated rings. The van der Waals surface area contributed by atoms with Gasteiger partial charge in [-0.05, 0) is 13.8 Å². The van der Waals surface area contributed by atoms with E-state index in [-0.39, 0.29) is 6.10 Å². The molecule has 0 radical (unpaired) electrons. The van der Waals surface area contributed by atoms with Crippen LogP contribution in [-0.2, 0) is 13.6 Å². The van der Waals surface area contributed by atoms with Crippen molar-refractivity contribution in [1.29, 1.82) is 0 Å². The van der Waals surface area contributed by atoms with Crippen molar-refractivity contribution in [3.8, 4) is 0 Å². The van der Waals surface area contributed by atoms with Crippen molar-refractivity contribution in [1.82, 2.24) is 0 Å². The molecule has 0 N–H and O–H groups in total. The van der Waals surface area contributed by atoms with E-state index in [1.165, 1.54) is 0 Å². The highest BCUT2D eigenvalue weighted by Crippen LogP contribution is 2.02. The van der Waals surface area contributed by atoms with Crippen LogP contribution in [0.4, 0.5) is 0 Å². The van der Waals surface area contributed by atoms with Crippen LogP contribution in [0.15, 0.2) is 12.2 Å². The summed E-state index contributed by atoms with van der Waals surface area (Å²) in [5, 5.41) is 0. The second kappa shape index (κ2) is 6.36. The van der Waals surface area contributed by atoms with Gasteiger partial charge in [0.1, 0.15) is 0 Å². The fourth-order valence-corrected chi connectivity index (χ4v) is 1.51. The molecule has 0 rings (SSSR count). The second-order valence-electron chi connectivity index (χ2n) is 2.72. The summed E-state index contributed by atoms with van der Waals surface area (Å²) >= 11 is 0. The van der Waals surface area contributed by atoms with E-state index in [4.69, 9.17) is 13.6 Å². The zero-order valence-electron chi connectivity index (χ0n) is 8.29. The number of ether oxygens (including phenoxy) is 1. The van der Waals surface area contributed by atoms with Gasteiger partial charge >= 0.3 is 9.28 Å². The molecular formula is C8H18O3Si. The summed E-state index contributed by atoms with van der Waals surface area (Å²) in [5.74, 6) is 0. The summed E-state index contributed by atoms with van der Waals surface area (Å²) in [6.45, 7) is 7.71. The van der Waals surface area contributed by atoms with Crippen LogP contribution in [0.1, 0.15) is 13.8 Å². The lowest BCUT2D eigenvalue weighted by molar-refractivity contribution is 0.101. The molecule has 0 amide bonds. The van der Waals surface area contributed by atoms with Crippen molar-refractivity contribution < 1.29 is 13.6 Å². The van der Waals surface area contributed by atoms with Gasteiger partial charge in [-0.1, -0.05) is 12.2 Å². The zero-order valence-corrected chi connectivity index (χ0v) is 9.45. The molecule has 1 unspecified atom stereocenters. The van der Waals surface area contributed by atoms with Crippen molar-refractivity contribution in [3.05, 3.63) is 12.2 Å². The third kappa shape index (κ3) is 4.66. The molecule has 0 aromatic carbocycles. The van der Waals surface area contributed by atoms with Crippen LogP contribution in [0.2, 0.25) is 0 Å². The molecule has 3 nitrogen and oxygen atoms in total. The Labute approximate surface area is 76.2 Å². The Balaban J connectivity index is 3.58. The molecule has 0 saturated carbocycles. The molecule has 4 heteroatoms. The third-order valence-electron chi connectivity index (χ3n) is 1.70. The highest BCUT2D eigenvalue weighted by atomic mass is 28.3. The van der Waals surface area contributed by atoms with Crippen LogP contribution < -0.4 is 0 Å².